The smallest absolute Gasteiger partial charge is 0.323 e. The number of urea groups is 1. The maximum Gasteiger partial charge on any atom is 0.328 e. The summed E-state index contributed by atoms with van der Waals surface area (Å²) in [6.07, 6.45) is 4.45. The summed E-state index contributed by atoms with van der Waals surface area (Å²) in [6.45, 7) is 3.94. The molecular formula is C16H21N7O2. The third kappa shape index (κ3) is 2.92. The first-order valence-corrected chi connectivity index (χ1v) is 8.01. The highest BCUT2D eigenvalue weighted by molar-refractivity contribution is 6.03. The van der Waals surface area contributed by atoms with Crippen molar-refractivity contribution in [2.75, 3.05) is 14.1 Å². The number of likely N-dealkylation sites (N-methyl/N-ethyl adjacent to an activating group) is 2. The van der Waals surface area contributed by atoms with Crippen molar-refractivity contribution in [1.82, 2.24) is 25.1 Å². The summed E-state index contributed by atoms with van der Waals surface area (Å²) < 4.78 is 0. The quantitative estimate of drug-likeness (QED) is 0.629. The molecule has 9 heteroatoms. The highest BCUT2D eigenvalue weighted by atomic mass is 16.2. The van der Waals surface area contributed by atoms with E-state index < -0.39 is 12.2 Å². The molecule has 2 unspecified atom stereocenters. The van der Waals surface area contributed by atoms with Gasteiger partial charge >= 0.3 is 6.03 Å². The Labute approximate surface area is 146 Å². The Hall–Kier alpha value is -2.97. The number of carbonyl (C=O) groups excluding carboxylic acids is 2. The largest absolute Gasteiger partial charge is 0.328 e. The van der Waals surface area contributed by atoms with Gasteiger partial charge in [0.25, 0.3) is 5.91 Å². The summed E-state index contributed by atoms with van der Waals surface area (Å²) in [6, 6.07) is 2.75. The predicted molar refractivity (Wildman–Crippen MR) is 92.9 cm³/mol. The van der Waals surface area contributed by atoms with Gasteiger partial charge in [-0.3, -0.25) is 14.7 Å². The first-order valence-electron chi connectivity index (χ1n) is 8.01. The Kier molecular flexibility index (Phi) is 4.39. The van der Waals surface area contributed by atoms with E-state index in [-0.39, 0.29) is 18.0 Å². The van der Waals surface area contributed by atoms with E-state index in [4.69, 9.17) is 0 Å². The molecular weight excluding hydrogens is 322 g/mol. The van der Waals surface area contributed by atoms with Gasteiger partial charge in [-0.2, -0.15) is 5.10 Å². The van der Waals surface area contributed by atoms with Crippen LogP contribution in [0.3, 0.4) is 0 Å². The normalized spacial score (nSPS) is 23.6. The van der Waals surface area contributed by atoms with E-state index in [1.165, 1.54) is 11.9 Å². The minimum absolute atomic E-state index is 0.0105. The number of rotatable bonds is 3. The molecule has 1 aromatic rings. The van der Waals surface area contributed by atoms with Crippen molar-refractivity contribution >= 4 is 24.1 Å². The second-order valence-electron chi connectivity index (χ2n) is 6.25. The van der Waals surface area contributed by atoms with Crippen molar-refractivity contribution in [3.63, 3.8) is 0 Å². The Morgan fingerprint density at radius 3 is 2.56 bits per heavy atom. The fraction of sp³-hybridized carbons (Fsp3) is 0.438. The number of nitrogens with zero attached hydrogens (tertiary/aromatic N) is 6. The topological polar surface area (TPSA) is 93.5 Å². The van der Waals surface area contributed by atoms with Crippen molar-refractivity contribution in [2.24, 2.45) is 10.1 Å². The molecule has 0 spiro atoms. The van der Waals surface area contributed by atoms with Crippen LogP contribution >= 0.6 is 0 Å². The van der Waals surface area contributed by atoms with Crippen LogP contribution in [-0.2, 0) is 4.79 Å². The van der Waals surface area contributed by atoms with Crippen LogP contribution in [0.25, 0.3) is 0 Å². The molecule has 0 saturated carbocycles. The average molecular weight is 343 g/mol. The van der Waals surface area contributed by atoms with E-state index in [0.717, 1.165) is 10.5 Å². The number of aromatic nitrogens is 1. The van der Waals surface area contributed by atoms with Gasteiger partial charge in [-0.25, -0.2) is 15.2 Å². The zero-order valence-electron chi connectivity index (χ0n) is 14.6. The molecule has 2 aliphatic rings. The number of hydrogen-bond acceptors (Lipinski definition) is 7. The first kappa shape index (κ1) is 16.9. The molecule has 0 bridgehead atoms. The minimum Gasteiger partial charge on any atom is -0.323 e. The summed E-state index contributed by atoms with van der Waals surface area (Å²) in [4.78, 5) is 37.7. The van der Waals surface area contributed by atoms with Gasteiger partial charge in [0.05, 0.1) is 6.21 Å². The van der Waals surface area contributed by atoms with E-state index in [1.807, 2.05) is 30.9 Å². The average Bonchev–Trinajstić information content (AvgIpc) is 2.99. The van der Waals surface area contributed by atoms with E-state index >= 15 is 0 Å². The number of hydrazone groups is 1. The molecule has 1 aromatic heterocycles. The zero-order chi connectivity index (χ0) is 18.1. The van der Waals surface area contributed by atoms with Gasteiger partial charge < -0.3 is 9.80 Å². The van der Waals surface area contributed by atoms with Gasteiger partial charge in [0, 0.05) is 32.5 Å². The molecule has 2 aliphatic heterocycles. The SMILES string of the molecule is CC(C)N1C(N/N=C/c2ccncc2)=NC2C1C(=O)N(C)C(=O)N2C. The molecule has 1 N–H and O–H groups in total. The van der Waals surface area contributed by atoms with Gasteiger partial charge in [-0.15, -0.1) is 0 Å². The summed E-state index contributed by atoms with van der Waals surface area (Å²) in [5, 5.41) is 4.20. The van der Waals surface area contributed by atoms with Crippen LogP contribution in [0.5, 0.6) is 0 Å². The number of amides is 3. The van der Waals surface area contributed by atoms with Crippen molar-refractivity contribution in [3.8, 4) is 0 Å². The second-order valence-corrected chi connectivity index (χ2v) is 6.25. The number of pyridine rings is 1. The van der Waals surface area contributed by atoms with Gasteiger partial charge in [-0.1, -0.05) is 0 Å². The number of carbonyl (C=O) groups is 2. The lowest BCUT2D eigenvalue weighted by atomic mass is 10.1. The lowest BCUT2D eigenvalue weighted by Crippen LogP contribution is -2.65. The molecule has 3 amide bonds. The second kappa shape index (κ2) is 6.50. The summed E-state index contributed by atoms with van der Waals surface area (Å²) in [7, 11) is 3.14. The maximum absolute atomic E-state index is 12.6. The lowest BCUT2D eigenvalue weighted by molar-refractivity contribution is -0.136. The molecule has 3 heterocycles. The molecule has 9 nitrogen and oxygen atoms in total. The van der Waals surface area contributed by atoms with Crippen molar-refractivity contribution in [2.45, 2.75) is 32.1 Å². The molecule has 132 valence electrons. The first-order chi connectivity index (χ1) is 11.9. The van der Waals surface area contributed by atoms with Gasteiger partial charge in [0.15, 0.2) is 12.2 Å². The molecule has 25 heavy (non-hydrogen) atoms. The standard InChI is InChI=1S/C16H21N7O2/c1-10(2)23-12-13(21(3)16(25)22(4)14(12)24)19-15(23)20-18-9-11-5-7-17-8-6-11/h5-10,12-13H,1-4H3,(H,19,20)/b18-9+. The zero-order valence-corrected chi connectivity index (χ0v) is 14.6. The molecule has 0 aromatic carbocycles. The number of hydrogen-bond donors (Lipinski definition) is 1. The van der Waals surface area contributed by atoms with Crippen molar-refractivity contribution in [1.29, 1.82) is 0 Å². The molecule has 3 rings (SSSR count). The number of nitrogens with one attached hydrogen (secondary N) is 1. The fourth-order valence-corrected chi connectivity index (χ4v) is 2.99. The van der Waals surface area contributed by atoms with Crippen LogP contribution in [0, 0.1) is 0 Å². The van der Waals surface area contributed by atoms with Crippen LogP contribution in [0.15, 0.2) is 34.6 Å². The maximum atomic E-state index is 12.6. The van der Waals surface area contributed by atoms with Crippen molar-refractivity contribution < 1.29 is 9.59 Å². The van der Waals surface area contributed by atoms with Crippen LogP contribution in [-0.4, -0.2) is 76.1 Å². The summed E-state index contributed by atoms with van der Waals surface area (Å²) in [5.74, 6) is 0.207. The number of fused-ring (bicyclic) bond motifs is 1. The van der Waals surface area contributed by atoms with Gasteiger partial charge in [-0.05, 0) is 31.5 Å². The predicted octanol–water partition coefficient (Wildman–Crippen LogP) is 0.304. The number of guanidine groups is 1. The third-order valence-corrected chi connectivity index (χ3v) is 4.29. The fourth-order valence-electron chi connectivity index (χ4n) is 2.99. The van der Waals surface area contributed by atoms with E-state index in [9.17, 15) is 9.59 Å². The number of aliphatic imine (C=N–C) groups is 1. The number of imide groups is 1. The summed E-state index contributed by atoms with van der Waals surface area (Å²) >= 11 is 0. The Morgan fingerprint density at radius 1 is 1.24 bits per heavy atom. The molecule has 2 atom stereocenters. The monoisotopic (exact) mass is 343 g/mol. The van der Waals surface area contributed by atoms with E-state index in [0.29, 0.717) is 5.96 Å². The molecule has 0 aliphatic carbocycles. The van der Waals surface area contributed by atoms with Crippen LogP contribution < -0.4 is 5.43 Å². The van der Waals surface area contributed by atoms with Gasteiger partial charge in [0.2, 0.25) is 5.96 Å². The Balaban J connectivity index is 1.84. The van der Waals surface area contributed by atoms with Crippen LogP contribution in [0.2, 0.25) is 0 Å². The summed E-state index contributed by atoms with van der Waals surface area (Å²) in [5.41, 5.74) is 3.79. The lowest BCUT2D eigenvalue weighted by Gasteiger charge is -2.41. The highest BCUT2D eigenvalue weighted by Crippen LogP contribution is 2.27. The van der Waals surface area contributed by atoms with Crippen molar-refractivity contribution in [3.05, 3.63) is 30.1 Å². The molecule has 1 saturated heterocycles. The van der Waals surface area contributed by atoms with Crippen LogP contribution in [0.4, 0.5) is 4.79 Å². The van der Waals surface area contributed by atoms with E-state index in [1.54, 1.807) is 25.7 Å². The minimum atomic E-state index is -0.558. The van der Waals surface area contributed by atoms with E-state index in [2.05, 4.69) is 20.5 Å². The molecule has 1 fully saturated rings. The van der Waals surface area contributed by atoms with Gasteiger partial charge in [0.1, 0.15) is 0 Å². The van der Waals surface area contributed by atoms with Crippen LogP contribution in [0.1, 0.15) is 19.4 Å². The highest BCUT2D eigenvalue weighted by Gasteiger charge is 2.51. The molecule has 0 radical (unpaired) electrons. The Morgan fingerprint density at radius 2 is 1.92 bits per heavy atom. The Bertz CT molecular complexity index is 731. The third-order valence-electron chi connectivity index (χ3n) is 4.29.